The lowest BCUT2D eigenvalue weighted by atomic mass is 10.1. The molecule has 8 heteroatoms. The van der Waals surface area contributed by atoms with Gasteiger partial charge in [-0.2, -0.15) is 4.98 Å². The summed E-state index contributed by atoms with van der Waals surface area (Å²) in [7, 11) is 0. The number of halogens is 2. The number of anilines is 1. The molecule has 1 aliphatic rings. The van der Waals surface area contributed by atoms with Crippen molar-refractivity contribution in [3.8, 4) is 0 Å². The van der Waals surface area contributed by atoms with Gasteiger partial charge in [-0.15, -0.1) is 0 Å². The van der Waals surface area contributed by atoms with E-state index in [2.05, 4.69) is 9.97 Å². The molecule has 21 heavy (non-hydrogen) atoms. The summed E-state index contributed by atoms with van der Waals surface area (Å²) in [6.45, 7) is 7.95. The first-order valence-electron chi connectivity index (χ1n) is 6.51. The number of rotatable bonds is 3. The number of amides is 1. The van der Waals surface area contributed by atoms with Gasteiger partial charge in [0, 0.05) is 6.07 Å². The topological polar surface area (TPSA) is 64.6 Å². The zero-order valence-electron chi connectivity index (χ0n) is 12.3. The summed E-state index contributed by atoms with van der Waals surface area (Å²) in [5.41, 5.74) is -0.336. The molecule has 0 N–H and O–H groups in total. The monoisotopic (exact) mass is 333 g/mol. The van der Waals surface area contributed by atoms with Crippen LogP contribution in [-0.4, -0.2) is 40.4 Å². The summed E-state index contributed by atoms with van der Waals surface area (Å²) in [5, 5.41) is 0.133. The minimum atomic E-state index is -0.504. The molecule has 0 spiro atoms. The van der Waals surface area contributed by atoms with Gasteiger partial charge in [0.2, 0.25) is 5.28 Å². The predicted octanol–water partition coefficient (Wildman–Crippen LogP) is 3.31. The van der Waals surface area contributed by atoms with E-state index in [4.69, 9.17) is 32.7 Å². The zero-order chi connectivity index (χ0) is 15.8. The average Bonchev–Trinajstić information content (AvgIpc) is 2.67. The molecule has 0 saturated carbocycles. The van der Waals surface area contributed by atoms with Crippen molar-refractivity contribution in [1.82, 2.24) is 9.97 Å². The highest BCUT2D eigenvalue weighted by molar-refractivity contribution is 6.32. The fourth-order valence-electron chi connectivity index (χ4n) is 2.18. The predicted molar refractivity (Wildman–Crippen MR) is 80.0 cm³/mol. The number of carbonyl (C=O) groups excluding carboxylic acids is 1. The van der Waals surface area contributed by atoms with E-state index in [1.54, 1.807) is 0 Å². The highest BCUT2D eigenvalue weighted by atomic mass is 35.5. The van der Waals surface area contributed by atoms with Gasteiger partial charge in [0.1, 0.15) is 23.6 Å². The molecule has 1 fully saturated rings. The Labute approximate surface area is 133 Å². The lowest BCUT2D eigenvalue weighted by Crippen LogP contribution is -2.45. The number of hydrogen-bond donors (Lipinski definition) is 0. The van der Waals surface area contributed by atoms with Gasteiger partial charge in [-0.05, 0) is 39.3 Å². The fraction of sp³-hybridized carbons (Fsp3) is 0.615. The van der Waals surface area contributed by atoms with Crippen LogP contribution in [0.2, 0.25) is 10.4 Å². The molecule has 0 aromatic carbocycles. The molecule has 0 bridgehead atoms. The molecule has 2 heterocycles. The Morgan fingerprint density at radius 1 is 1.43 bits per heavy atom. The largest absolute Gasteiger partial charge is 0.447 e. The zero-order valence-corrected chi connectivity index (χ0v) is 13.8. The summed E-state index contributed by atoms with van der Waals surface area (Å²) in [6.07, 6.45) is -0.751. The molecule has 1 unspecified atom stereocenters. The molecule has 1 saturated heterocycles. The third kappa shape index (κ3) is 3.96. The van der Waals surface area contributed by atoms with E-state index in [1.165, 1.54) is 11.0 Å². The number of cyclic esters (lactones) is 1. The van der Waals surface area contributed by atoms with Crippen LogP contribution < -0.4 is 4.90 Å². The molecule has 0 radical (unpaired) electrons. The fourth-order valence-corrected chi connectivity index (χ4v) is 2.58. The van der Waals surface area contributed by atoms with E-state index in [1.807, 2.05) is 27.7 Å². The summed E-state index contributed by atoms with van der Waals surface area (Å²) in [4.78, 5) is 21.2. The lowest BCUT2D eigenvalue weighted by Gasteiger charge is -2.31. The molecule has 6 nitrogen and oxygen atoms in total. The average molecular weight is 334 g/mol. The van der Waals surface area contributed by atoms with Crippen molar-refractivity contribution >= 4 is 35.1 Å². The third-order valence-corrected chi connectivity index (χ3v) is 3.25. The Kier molecular flexibility index (Phi) is 4.60. The minimum Gasteiger partial charge on any atom is -0.447 e. The van der Waals surface area contributed by atoms with Crippen LogP contribution in [-0.2, 0) is 9.47 Å². The summed E-state index contributed by atoms with van der Waals surface area (Å²) >= 11 is 11.7. The van der Waals surface area contributed by atoms with Gasteiger partial charge in [0.15, 0.2) is 0 Å². The molecule has 116 valence electrons. The normalized spacial score (nSPS) is 20.6. The lowest BCUT2D eigenvalue weighted by molar-refractivity contribution is -0.0618. The first-order valence-corrected chi connectivity index (χ1v) is 7.27. The quantitative estimate of drug-likeness (QED) is 0.627. The Balaban J connectivity index is 2.28. The van der Waals surface area contributed by atoms with Crippen molar-refractivity contribution in [1.29, 1.82) is 0 Å². The van der Waals surface area contributed by atoms with Gasteiger partial charge in [-0.3, -0.25) is 4.90 Å². The second kappa shape index (κ2) is 5.94. The molecular formula is C13H17Cl2N3O3. The number of hydrogen-bond acceptors (Lipinski definition) is 5. The standard InChI is InChI=1S/C13H17Cl2N3O3/c1-7(21-13(2,3)4)8-6-20-12(19)18(8)10-5-9(14)16-11(15)17-10/h5,7-8H,6H2,1-4H3/t7-,8?/m1/s1. The number of nitrogens with zero attached hydrogens (tertiary/aromatic N) is 3. The van der Waals surface area contributed by atoms with Crippen LogP contribution >= 0.6 is 23.2 Å². The molecular weight excluding hydrogens is 317 g/mol. The van der Waals surface area contributed by atoms with Crippen LogP contribution in [0.3, 0.4) is 0 Å². The Hall–Kier alpha value is -1.11. The van der Waals surface area contributed by atoms with Crippen molar-refractivity contribution in [2.75, 3.05) is 11.5 Å². The van der Waals surface area contributed by atoms with Gasteiger partial charge in [0.25, 0.3) is 0 Å². The first-order chi connectivity index (χ1) is 9.67. The SMILES string of the molecule is C[C@@H](OC(C)(C)C)C1COC(=O)N1c1cc(Cl)nc(Cl)n1. The summed E-state index contributed by atoms with van der Waals surface area (Å²) < 4.78 is 11.0. The van der Waals surface area contributed by atoms with E-state index >= 15 is 0 Å². The Morgan fingerprint density at radius 3 is 2.67 bits per heavy atom. The van der Waals surface area contributed by atoms with Gasteiger partial charge >= 0.3 is 6.09 Å². The maximum absolute atomic E-state index is 12.0. The smallest absolute Gasteiger partial charge is 0.416 e. The summed E-state index contributed by atoms with van der Waals surface area (Å²) in [6, 6.07) is 1.16. The molecule has 1 aliphatic heterocycles. The van der Waals surface area contributed by atoms with Gasteiger partial charge in [0.05, 0.1) is 11.7 Å². The van der Waals surface area contributed by atoms with Crippen LogP contribution in [0.25, 0.3) is 0 Å². The van der Waals surface area contributed by atoms with E-state index in [0.717, 1.165) is 0 Å². The van der Waals surface area contributed by atoms with Gasteiger partial charge in [-0.1, -0.05) is 11.6 Å². The maximum atomic E-state index is 12.0. The Morgan fingerprint density at radius 2 is 2.10 bits per heavy atom. The molecule has 2 atom stereocenters. The Bertz CT molecular complexity index is 528. The highest BCUT2D eigenvalue weighted by Gasteiger charge is 2.40. The van der Waals surface area contributed by atoms with E-state index in [-0.39, 0.29) is 34.8 Å². The van der Waals surface area contributed by atoms with Crippen LogP contribution in [0.15, 0.2) is 6.07 Å². The van der Waals surface area contributed by atoms with Gasteiger partial charge in [-0.25, -0.2) is 9.78 Å². The third-order valence-electron chi connectivity index (χ3n) is 2.89. The van der Waals surface area contributed by atoms with Crippen LogP contribution in [0.1, 0.15) is 27.7 Å². The minimum absolute atomic E-state index is 0.0275. The summed E-state index contributed by atoms with van der Waals surface area (Å²) in [5.74, 6) is 0.303. The maximum Gasteiger partial charge on any atom is 0.416 e. The van der Waals surface area contributed by atoms with Crippen LogP contribution in [0.5, 0.6) is 0 Å². The van der Waals surface area contributed by atoms with E-state index in [0.29, 0.717) is 5.82 Å². The molecule has 1 amide bonds. The first kappa shape index (κ1) is 16.3. The number of carbonyl (C=O) groups is 1. The number of aromatic nitrogens is 2. The van der Waals surface area contributed by atoms with Crippen LogP contribution in [0.4, 0.5) is 10.6 Å². The van der Waals surface area contributed by atoms with Crippen molar-refractivity contribution in [2.45, 2.75) is 45.4 Å². The van der Waals surface area contributed by atoms with Crippen molar-refractivity contribution in [3.63, 3.8) is 0 Å². The molecule has 1 aromatic heterocycles. The molecule has 0 aliphatic carbocycles. The van der Waals surface area contributed by atoms with Crippen LogP contribution in [0, 0.1) is 0 Å². The number of ether oxygens (including phenoxy) is 2. The van der Waals surface area contributed by atoms with Crippen molar-refractivity contribution < 1.29 is 14.3 Å². The molecule has 2 rings (SSSR count). The van der Waals surface area contributed by atoms with Crippen molar-refractivity contribution in [2.24, 2.45) is 0 Å². The molecule has 1 aromatic rings. The highest BCUT2D eigenvalue weighted by Crippen LogP contribution is 2.28. The van der Waals surface area contributed by atoms with E-state index < -0.39 is 6.09 Å². The van der Waals surface area contributed by atoms with Crippen molar-refractivity contribution in [3.05, 3.63) is 16.5 Å². The second-order valence-electron chi connectivity index (χ2n) is 5.77. The van der Waals surface area contributed by atoms with E-state index in [9.17, 15) is 4.79 Å². The van der Waals surface area contributed by atoms with Gasteiger partial charge < -0.3 is 9.47 Å². The second-order valence-corrected chi connectivity index (χ2v) is 6.49.